The summed E-state index contributed by atoms with van der Waals surface area (Å²) in [7, 11) is 0. The van der Waals surface area contributed by atoms with Gasteiger partial charge >= 0.3 is 17.6 Å². The number of carbonyl (C=O) groups excluding carboxylic acids is 2. The average molecular weight is 371 g/mol. The lowest BCUT2D eigenvalue weighted by molar-refractivity contribution is -0.167. The molecule has 26 heavy (non-hydrogen) atoms. The number of aromatic nitrogens is 2. The van der Waals surface area contributed by atoms with Gasteiger partial charge in [0.2, 0.25) is 0 Å². The van der Waals surface area contributed by atoms with E-state index < -0.39 is 48.3 Å². The fourth-order valence-electron chi connectivity index (χ4n) is 2.60. The minimum absolute atomic E-state index is 0.0181. The molecule has 1 saturated heterocycles. The number of nitrogens with zero attached hydrogens (tertiary/aromatic N) is 2. The van der Waals surface area contributed by atoms with Gasteiger partial charge in [0, 0.05) is 19.0 Å². The number of nitrogen functional groups attached to an aromatic ring is 1. The van der Waals surface area contributed by atoms with Crippen LogP contribution in [0.1, 0.15) is 39.8 Å². The van der Waals surface area contributed by atoms with E-state index in [1.165, 1.54) is 19.2 Å². The van der Waals surface area contributed by atoms with Gasteiger partial charge in [0.05, 0.1) is 0 Å². The number of alkyl halides is 1. The molecule has 9 nitrogen and oxygen atoms in total. The second-order valence-corrected chi connectivity index (χ2v) is 5.83. The van der Waals surface area contributed by atoms with E-state index in [1.807, 2.05) is 0 Å². The lowest BCUT2D eigenvalue weighted by Crippen LogP contribution is -2.41. The quantitative estimate of drug-likeness (QED) is 0.726. The molecular formula is C16H22FN3O6. The first kappa shape index (κ1) is 19.8. The molecule has 1 aliphatic rings. The Balaban J connectivity index is 2.31. The number of anilines is 1. The Morgan fingerprint density at radius 2 is 2.04 bits per heavy atom. The molecule has 1 aromatic heterocycles. The van der Waals surface area contributed by atoms with E-state index in [0.29, 0.717) is 0 Å². The minimum atomic E-state index is -1.86. The molecule has 2 rings (SSSR count). The predicted molar refractivity (Wildman–Crippen MR) is 87.7 cm³/mol. The second-order valence-electron chi connectivity index (χ2n) is 5.83. The van der Waals surface area contributed by atoms with Crippen LogP contribution in [0.2, 0.25) is 0 Å². The van der Waals surface area contributed by atoms with Crippen molar-refractivity contribution in [1.82, 2.24) is 9.55 Å². The third-order valence-corrected chi connectivity index (χ3v) is 3.96. The highest BCUT2D eigenvalue weighted by Crippen LogP contribution is 2.35. The molecule has 0 amide bonds. The van der Waals surface area contributed by atoms with Gasteiger partial charge in [0.25, 0.3) is 0 Å². The highest BCUT2D eigenvalue weighted by Gasteiger charge is 2.51. The van der Waals surface area contributed by atoms with Crippen molar-refractivity contribution in [2.45, 2.75) is 64.3 Å². The Bertz CT molecular complexity index is 724. The van der Waals surface area contributed by atoms with Crippen LogP contribution in [-0.2, 0) is 23.8 Å². The number of carbonyl (C=O) groups is 2. The molecule has 0 aliphatic carbocycles. The zero-order chi connectivity index (χ0) is 19.4. The van der Waals surface area contributed by atoms with E-state index in [-0.39, 0.29) is 18.7 Å². The van der Waals surface area contributed by atoms with Gasteiger partial charge in [-0.1, -0.05) is 13.8 Å². The van der Waals surface area contributed by atoms with E-state index >= 15 is 0 Å². The SMILES string of the molecule is CCC(=O)OC(C)C1OC(n2ccc(N)nc2=O)C(F)C1OC(=O)CC. The maximum absolute atomic E-state index is 15.0. The van der Waals surface area contributed by atoms with Gasteiger partial charge in [-0.05, 0) is 13.0 Å². The molecule has 0 bridgehead atoms. The summed E-state index contributed by atoms with van der Waals surface area (Å²) in [5.41, 5.74) is 4.62. The number of ether oxygens (including phenoxy) is 3. The van der Waals surface area contributed by atoms with Crippen LogP contribution in [0, 0.1) is 0 Å². The molecule has 2 heterocycles. The highest BCUT2D eigenvalue weighted by atomic mass is 19.1. The van der Waals surface area contributed by atoms with Crippen molar-refractivity contribution < 1.29 is 28.2 Å². The number of nitrogens with two attached hydrogens (primary N) is 1. The van der Waals surface area contributed by atoms with Crippen LogP contribution < -0.4 is 11.4 Å². The summed E-state index contributed by atoms with van der Waals surface area (Å²) in [6.45, 7) is 4.68. The zero-order valence-electron chi connectivity index (χ0n) is 14.8. The molecule has 144 valence electrons. The lowest BCUT2D eigenvalue weighted by Gasteiger charge is -2.24. The maximum atomic E-state index is 15.0. The summed E-state index contributed by atoms with van der Waals surface area (Å²) < 4.78 is 31.8. The number of halogens is 1. The molecule has 1 aliphatic heterocycles. The summed E-state index contributed by atoms with van der Waals surface area (Å²) in [6.07, 6.45) is -5.15. The second kappa shape index (κ2) is 8.26. The van der Waals surface area contributed by atoms with Crippen molar-refractivity contribution in [3.63, 3.8) is 0 Å². The zero-order valence-corrected chi connectivity index (χ0v) is 14.8. The van der Waals surface area contributed by atoms with E-state index in [2.05, 4.69) is 4.98 Å². The molecule has 5 atom stereocenters. The van der Waals surface area contributed by atoms with Gasteiger partial charge in [-0.3, -0.25) is 14.2 Å². The van der Waals surface area contributed by atoms with Crippen molar-refractivity contribution in [2.24, 2.45) is 0 Å². The summed E-state index contributed by atoms with van der Waals surface area (Å²) in [6, 6.07) is 1.32. The Hall–Kier alpha value is -2.49. The summed E-state index contributed by atoms with van der Waals surface area (Å²) in [5.74, 6) is -1.16. The number of esters is 2. The van der Waals surface area contributed by atoms with Crippen molar-refractivity contribution in [3.05, 3.63) is 22.7 Å². The summed E-state index contributed by atoms with van der Waals surface area (Å²) in [5, 5.41) is 0. The van der Waals surface area contributed by atoms with E-state index in [9.17, 15) is 18.8 Å². The normalized spacial score (nSPS) is 26.3. The topological polar surface area (TPSA) is 123 Å². The lowest BCUT2D eigenvalue weighted by atomic mass is 10.1. The Labute approximate surface area is 149 Å². The van der Waals surface area contributed by atoms with Crippen molar-refractivity contribution in [3.8, 4) is 0 Å². The monoisotopic (exact) mass is 371 g/mol. The molecule has 5 unspecified atom stereocenters. The van der Waals surface area contributed by atoms with Crippen LogP contribution >= 0.6 is 0 Å². The van der Waals surface area contributed by atoms with E-state index in [1.54, 1.807) is 13.8 Å². The van der Waals surface area contributed by atoms with Crippen LogP contribution in [0.15, 0.2) is 17.1 Å². The maximum Gasteiger partial charge on any atom is 0.351 e. The van der Waals surface area contributed by atoms with Gasteiger partial charge < -0.3 is 19.9 Å². The summed E-state index contributed by atoms with van der Waals surface area (Å²) in [4.78, 5) is 38.7. The van der Waals surface area contributed by atoms with Crippen LogP contribution in [0.25, 0.3) is 0 Å². The first-order valence-electron chi connectivity index (χ1n) is 8.31. The van der Waals surface area contributed by atoms with Gasteiger partial charge in [-0.25, -0.2) is 9.18 Å². The molecule has 1 fully saturated rings. The summed E-state index contributed by atoms with van der Waals surface area (Å²) >= 11 is 0. The van der Waals surface area contributed by atoms with Crippen LogP contribution in [-0.4, -0.2) is 46.0 Å². The van der Waals surface area contributed by atoms with Crippen LogP contribution in [0.5, 0.6) is 0 Å². The standard InChI is InChI=1S/C16H22FN3O6/c1-4-10(21)24-8(3)13-14(25-11(22)5-2)12(17)15(26-13)20-7-6-9(18)19-16(20)23/h6-8,12-15H,4-5H2,1-3H3,(H2,18,19,23). The average Bonchev–Trinajstić information content (AvgIpc) is 2.91. The Morgan fingerprint density at radius 3 is 2.62 bits per heavy atom. The molecule has 0 radical (unpaired) electrons. The molecule has 0 saturated carbocycles. The predicted octanol–water partition coefficient (Wildman–Crippen LogP) is 0.724. The minimum Gasteiger partial charge on any atom is -0.460 e. The first-order valence-corrected chi connectivity index (χ1v) is 8.31. The smallest absolute Gasteiger partial charge is 0.351 e. The number of hydrogen-bond acceptors (Lipinski definition) is 8. The van der Waals surface area contributed by atoms with Crippen molar-refractivity contribution in [1.29, 1.82) is 0 Å². The van der Waals surface area contributed by atoms with E-state index in [4.69, 9.17) is 19.9 Å². The Kier molecular flexibility index (Phi) is 6.30. The Morgan fingerprint density at radius 1 is 1.38 bits per heavy atom. The molecule has 2 N–H and O–H groups in total. The molecule has 0 aromatic carbocycles. The highest BCUT2D eigenvalue weighted by molar-refractivity contribution is 5.69. The van der Waals surface area contributed by atoms with Gasteiger partial charge in [0.15, 0.2) is 18.5 Å². The third kappa shape index (κ3) is 4.18. The number of hydrogen-bond donors (Lipinski definition) is 1. The molecular weight excluding hydrogens is 349 g/mol. The third-order valence-electron chi connectivity index (χ3n) is 3.96. The van der Waals surface area contributed by atoms with Crippen LogP contribution in [0.3, 0.4) is 0 Å². The number of rotatable bonds is 6. The van der Waals surface area contributed by atoms with Crippen molar-refractivity contribution >= 4 is 17.8 Å². The van der Waals surface area contributed by atoms with Gasteiger partial charge in [0.1, 0.15) is 18.0 Å². The fraction of sp³-hybridized carbons (Fsp3) is 0.625. The molecule has 0 spiro atoms. The van der Waals surface area contributed by atoms with E-state index in [0.717, 1.165) is 4.57 Å². The van der Waals surface area contributed by atoms with Gasteiger partial charge in [-0.15, -0.1) is 0 Å². The molecule has 1 aromatic rings. The van der Waals surface area contributed by atoms with Gasteiger partial charge in [-0.2, -0.15) is 4.98 Å². The molecule has 10 heteroatoms. The first-order chi connectivity index (χ1) is 12.3. The largest absolute Gasteiger partial charge is 0.460 e. The van der Waals surface area contributed by atoms with Crippen LogP contribution in [0.4, 0.5) is 10.2 Å². The fourth-order valence-corrected chi connectivity index (χ4v) is 2.60. The van der Waals surface area contributed by atoms with Crippen molar-refractivity contribution in [2.75, 3.05) is 5.73 Å².